The van der Waals surface area contributed by atoms with Crippen LogP contribution in [0.3, 0.4) is 0 Å². The number of methoxy groups -OCH3 is 1. The molecule has 106 valence electrons. The summed E-state index contributed by atoms with van der Waals surface area (Å²) >= 11 is 3.45. The Labute approximate surface area is 127 Å². The first kappa shape index (κ1) is 14.5. The quantitative estimate of drug-likeness (QED) is 0.804. The van der Waals surface area contributed by atoms with Crippen molar-refractivity contribution < 1.29 is 9.47 Å². The van der Waals surface area contributed by atoms with Crippen LogP contribution in [-0.2, 0) is 0 Å². The van der Waals surface area contributed by atoms with Crippen LogP contribution in [0, 0.1) is 0 Å². The van der Waals surface area contributed by atoms with E-state index in [1.54, 1.807) is 13.2 Å². The van der Waals surface area contributed by atoms with Crippen molar-refractivity contribution in [2.45, 2.75) is 6.92 Å². The standard InChI is InChI=1S/C15H17BrN2O2/c1-3-20-13-8-11(17)7-12(9-13)18-14-6-10(16)4-5-15(14)19-2/h4-9,18H,3,17H2,1-2H3. The third-order valence-corrected chi connectivity index (χ3v) is 3.17. The molecule has 0 unspecified atom stereocenters. The maximum Gasteiger partial charge on any atom is 0.142 e. The minimum Gasteiger partial charge on any atom is -0.495 e. The van der Waals surface area contributed by atoms with Gasteiger partial charge >= 0.3 is 0 Å². The van der Waals surface area contributed by atoms with Gasteiger partial charge in [-0.05, 0) is 31.2 Å². The SMILES string of the molecule is CCOc1cc(N)cc(Nc2cc(Br)ccc2OC)c1. The first-order valence-electron chi connectivity index (χ1n) is 6.26. The van der Waals surface area contributed by atoms with Crippen LogP contribution >= 0.6 is 15.9 Å². The number of anilines is 3. The molecule has 0 saturated carbocycles. The van der Waals surface area contributed by atoms with Gasteiger partial charge in [-0.1, -0.05) is 15.9 Å². The lowest BCUT2D eigenvalue weighted by atomic mass is 10.2. The fourth-order valence-electron chi connectivity index (χ4n) is 1.88. The summed E-state index contributed by atoms with van der Waals surface area (Å²) < 4.78 is 11.8. The fourth-order valence-corrected chi connectivity index (χ4v) is 2.24. The predicted octanol–water partition coefficient (Wildman–Crippen LogP) is 4.18. The molecule has 5 heteroatoms. The lowest BCUT2D eigenvalue weighted by molar-refractivity contribution is 0.340. The molecular formula is C15H17BrN2O2. The molecule has 3 N–H and O–H groups in total. The zero-order valence-corrected chi connectivity index (χ0v) is 13.0. The Hall–Kier alpha value is -1.88. The Bertz CT molecular complexity index is 602. The normalized spacial score (nSPS) is 10.2. The summed E-state index contributed by atoms with van der Waals surface area (Å²) in [6, 6.07) is 11.3. The zero-order valence-electron chi connectivity index (χ0n) is 11.4. The van der Waals surface area contributed by atoms with Gasteiger partial charge in [-0.2, -0.15) is 0 Å². The van der Waals surface area contributed by atoms with Crippen molar-refractivity contribution in [2.75, 3.05) is 24.8 Å². The van der Waals surface area contributed by atoms with Gasteiger partial charge in [-0.15, -0.1) is 0 Å². The molecule has 0 aromatic heterocycles. The largest absolute Gasteiger partial charge is 0.495 e. The molecule has 2 aromatic rings. The molecule has 2 aromatic carbocycles. The molecule has 0 fully saturated rings. The fraction of sp³-hybridized carbons (Fsp3) is 0.200. The monoisotopic (exact) mass is 336 g/mol. The van der Waals surface area contributed by atoms with Gasteiger partial charge in [0.1, 0.15) is 11.5 Å². The number of ether oxygens (including phenoxy) is 2. The van der Waals surface area contributed by atoms with Crippen LogP contribution in [0.4, 0.5) is 17.1 Å². The number of nitrogens with one attached hydrogen (secondary N) is 1. The molecule has 0 saturated heterocycles. The van der Waals surface area contributed by atoms with Crippen molar-refractivity contribution >= 4 is 33.0 Å². The molecule has 4 nitrogen and oxygen atoms in total. The minimum absolute atomic E-state index is 0.600. The Kier molecular flexibility index (Phi) is 4.74. The highest BCUT2D eigenvalue weighted by Gasteiger charge is 2.06. The lowest BCUT2D eigenvalue weighted by Gasteiger charge is -2.13. The van der Waals surface area contributed by atoms with Crippen LogP contribution in [-0.4, -0.2) is 13.7 Å². The molecule has 0 heterocycles. The highest BCUT2D eigenvalue weighted by atomic mass is 79.9. The number of halogens is 1. The van der Waals surface area contributed by atoms with Crippen molar-refractivity contribution in [2.24, 2.45) is 0 Å². The second-order valence-electron chi connectivity index (χ2n) is 4.19. The predicted molar refractivity (Wildman–Crippen MR) is 86.0 cm³/mol. The van der Waals surface area contributed by atoms with E-state index in [9.17, 15) is 0 Å². The molecule has 20 heavy (non-hydrogen) atoms. The van der Waals surface area contributed by atoms with Gasteiger partial charge in [0.15, 0.2) is 0 Å². The maximum atomic E-state index is 5.88. The molecule has 0 atom stereocenters. The van der Waals surface area contributed by atoms with E-state index in [1.165, 1.54) is 0 Å². The second kappa shape index (κ2) is 6.52. The van der Waals surface area contributed by atoms with E-state index in [4.69, 9.17) is 15.2 Å². The molecule has 0 bridgehead atoms. The third-order valence-electron chi connectivity index (χ3n) is 2.68. The van der Waals surface area contributed by atoms with Gasteiger partial charge in [-0.25, -0.2) is 0 Å². The second-order valence-corrected chi connectivity index (χ2v) is 5.11. The van der Waals surface area contributed by atoms with E-state index in [0.717, 1.165) is 27.3 Å². The summed E-state index contributed by atoms with van der Waals surface area (Å²) in [5, 5.41) is 3.29. The van der Waals surface area contributed by atoms with E-state index < -0.39 is 0 Å². The highest BCUT2D eigenvalue weighted by Crippen LogP contribution is 2.32. The lowest BCUT2D eigenvalue weighted by Crippen LogP contribution is -1.98. The number of benzene rings is 2. The van der Waals surface area contributed by atoms with Crippen LogP contribution in [0.15, 0.2) is 40.9 Å². The first-order chi connectivity index (χ1) is 9.62. The van der Waals surface area contributed by atoms with Crippen LogP contribution < -0.4 is 20.5 Å². The number of rotatable bonds is 5. The summed E-state index contributed by atoms with van der Waals surface area (Å²) in [5.41, 5.74) is 8.24. The molecule has 0 radical (unpaired) electrons. The first-order valence-corrected chi connectivity index (χ1v) is 7.05. The molecule has 0 spiro atoms. The topological polar surface area (TPSA) is 56.5 Å². The van der Waals surface area contributed by atoms with Crippen molar-refractivity contribution in [3.63, 3.8) is 0 Å². The summed E-state index contributed by atoms with van der Waals surface area (Å²) in [6.45, 7) is 2.54. The Morgan fingerprint density at radius 2 is 2.00 bits per heavy atom. The van der Waals surface area contributed by atoms with Gasteiger partial charge in [0, 0.05) is 28.0 Å². The number of nitrogen functional groups attached to an aromatic ring is 1. The van der Waals surface area contributed by atoms with Crippen LogP contribution in [0.5, 0.6) is 11.5 Å². The highest BCUT2D eigenvalue weighted by molar-refractivity contribution is 9.10. The van der Waals surface area contributed by atoms with E-state index >= 15 is 0 Å². The van der Waals surface area contributed by atoms with E-state index in [1.807, 2.05) is 37.3 Å². The Morgan fingerprint density at radius 1 is 1.20 bits per heavy atom. The van der Waals surface area contributed by atoms with Gasteiger partial charge in [0.2, 0.25) is 0 Å². The third kappa shape index (κ3) is 3.57. The smallest absolute Gasteiger partial charge is 0.142 e. The van der Waals surface area contributed by atoms with E-state index in [0.29, 0.717) is 12.3 Å². The average molecular weight is 337 g/mol. The number of nitrogens with two attached hydrogens (primary N) is 1. The molecule has 0 aliphatic rings. The summed E-state index contributed by atoms with van der Waals surface area (Å²) in [6.07, 6.45) is 0. The van der Waals surface area contributed by atoms with Crippen LogP contribution in [0.25, 0.3) is 0 Å². The van der Waals surface area contributed by atoms with Crippen molar-refractivity contribution in [1.82, 2.24) is 0 Å². The summed E-state index contributed by atoms with van der Waals surface area (Å²) in [7, 11) is 1.64. The molecule has 0 aliphatic heterocycles. The number of hydrogen-bond donors (Lipinski definition) is 2. The summed E-state index contributed by atoms with van der Waals surface area (Å²) in [5.74, 6) is 1.50. The minimum atomic E-state index is 0.600. The van der Waals surface area contributed by atoms with E-state index in [-0.39, 0.29) is 0 Å². The van der Waals surface area contributed by atoms with Crippen LogP contribution in [0.2, 0.25) is 0 Å². The van der Waals surface area contributed by atoms with Crippen LogP contribution in [0.1, 0.15) is 6.92 Å². The summed E-state index contributed by atoms with van der Waals surface area (Å²) in [4.78, 5) is 0. The maximum absolute atomic E-state index is 5.88. The molecular weight excluding hydrogens is 320 g/mol. The van der Waals surface area contributed by atoms with Gasteiger partial charge in [0.25, 0.3) is 0 Å². The average Bonchev–Trinajstić information content (AvgIpc) is 2.38. The van der Waals surface area contributed by atoms with Crippen molar-refractivity contribution in [1.29, 1.82) is 0 Å². The van der Waals surface area contributed by atoms with E-state index in [2.05, 4.69) is 21.2 Å². The van der Waals surface area contributed by atoms with Crippen molar-refractivity contribution in [3.8, 4) is 11.5 Å². The van der Waals surface area contributed by atoms with Gasteiger partial charge in [-0.3, -0.25) is 0 Å². The zero-order chi connectivity index (χ0) is 14.5. The molecule has 0 aliphatic carbocycles. The Morgan fingerprint density at radius 3 is 2.70 bits per heavy atom. The number of hydrogen-bond acceptors (Lipinski definition) is 4. The molecule has 0 amide bonds. The van der Waals surface area contributed by atoms with Crippen molar-refractivity contribution in [3.05, 3.63) is 40.9 Å². The Balaban J connectivity index is 2.31. The van der Waals surface area contributed by atoms with Gasteiger partial charge < -0.3 is 20.5 Å². The van der Waals surface area contributed by atoms with Gasteiger partial charge in [0.05, 0.1) is 19.4 Å². The molecule has 2 rings (SSSR count).